The van der Waals surface area contributed by atoms with E-state index in [1.54, 1.807) is 0 Å². The van der Waals surface area contributed by atoms with Gasteiger partial charge in [0, 0.05) is 31.7 Å². The fraction of sp³-hybridized carbons (Fsp3) is 1.00. The molecule has 0 saturated carbocycles. The second-order valence-corrected chi connectivity index (χ2v) is 3.91. The summed E-state index contributed by atoms with van der Waals surface area (Å²) in [5.41, 5.74) is 0.363. The predicted molar refractivity (Wildman–Crippen MR) is 58.7 cm³/mol. The van der Waals surface area contributed by atoms with E-state index in [0.717, 1.165) is 13.1 Å². The van der Waals surface area contributed by atoms with Crippen molar-refractivity contribution in [2.75, 3.05) is 26.2 Å². The van der Waals surface area contributed by atoms with E-state index in [0.29, 0.717) is 5.54 Å². The number of nitrogens with zero attached hydrogens (tertiary/aromatic N) is 1. The highest BCUT2D eigenvalue weighted by atomic mass is 35.5. The maximum absolute atomic E-state index is 3.35. The highest BCUT2D eigenvalue weighted by molar-refractivity contribution is 5.85. The second kappa shape index (κ2) is 6.03. The Balaban J connectivity index is 0. The minimum Gasteiger partial charge on any atom is -0.314 e. The van der Waals surface area contributed by atoms with Gasteiger partial charge in [-0.2, -0.15) is 0 Å². The van der Waals surface area contributed by atoms with Crippen molar-refractivity contribution in [1.29, 1.82) is 0 Å². The molecule has 0 atom stereocenters. The van der Waals surface area contributed by atoms with E-state index >= 15 is 0 Å². The topological polar surface area (TPSA) is 15.3 Å². The van der Waals surface area contributed by atoms with Crippen LogP contribution in [-0.4, -0.2) is 36.6 Å². The van der Waals surface area contributed by atoms with Gasteiger partial charge in [0.25, 0.3) is 0 Å². The van der Waals surface area contributed by atoms with Crippen LogP contribution in [0.4, 0.5) is 0 Å². The molecule has 0 aromatic rings. The molecule has 0 radical (unpaired) electrons. The highest BCUT2D eigenvalue weighted by Crippen LogP contribution is 2.12. The summed E-state index contributed by atoms with van der Waals surface area (Å²) in [5.74, 6) is 0. The van der Waals surface area contributed by atoms with Crippen molar-refractivity contribution in [3.8, 4) is 0 Å². The van der Waals surface area contributed by atoms with E-state index in [2.05, 4.69) is 31.0 Å². The molecule has 1 saturated heterocycles. The van der Waals surface area contributed by atoms with Crippen LogP contribution < -0.4 is 5.32 Å². The van der Waals surface area contributed by atoms with E-state index in [9.17, 15) is 0 Å². The summed E-state index contributed by atoms with van der Waals surface area (Å²) in [7, 11) is 0. The van der Waals surface area contributed by atoms with E-state index in [-0.39, 0.29) is 24.8 Å². The lowest BCUT2D eigenvalue weighted by atomic mass is 10.1. The van der Waals surface area contributed by atoms with E-state index in [4.69, 9.17) is 0 Å². The third-order valence-electron chi connectivity index (χ3n) is 2.07. The van der Waals surface area contributed by atoms with Crippen LogP contribution in [0.5, 0.6) is 0 Å². The first-order valence-corrected chi connectivity index (χ1v) is 4.06. The molecule has 0 spiro atoms. The summed E-state index contributed by atoms with van der Waals surface area (Å²) >= 11 is 0. The van der Waals surface area contributed by atoms with E-state index < -0.39 is 0 Å². The average Bonchev–Trinajstić information content (AvgIpc) is 1.88. The Morgan fingerprint density at radius 3 is 1.67 bits per heavy atom. The van der Waals surface area contributed by atoms with Crippen LogP contribution in [-0.2, 0) is 0 Å². The smallest absolute Gasteiger partial charge is 0.0126 e. The average molecular weight is 215 g/mol. The molecule has 1 N–H and O–H groups in total. The van der Waals surface area contributed by atoms with Crippen LogP contribution in [0.15, 0.2) is 0 Å². The summed E-state index contributed by atoms with van der Waals surface area (Å²) in [6.45, 7) is 11.5. The third kappa shape index (κ3) is 4.51. The first-order chi connectivity index (χ1) is 4.61. The second-order valence-electron chi connectivity index (χ2n) is 3.91. The first-order valence-electron chi connectivity index (χ1n) is 4.06. The normalized spacial score (nSPS) is 19.2. The lowest BCUT2D eigenvalue weighted by molar-refractivity contribution is 0.119. The number of hydrogen-bond acceptors (Lipinski definition) is 2. The number of nitrogens with one attached hydrogen (secondary N) is 1. The molecule has 12 heavy (non-hydrogen) atoms. The quantitative estimate of drug-likeness (QED) is 0.659. The summed E-state index contributed by atoms with van der Waals surface area (Å²) in [6, 6.07) is 0. The SMILES string of the molecule is CC(C)(C)N1CCNCC1.Cl.Cl. The van der Waals surface area contributed by atoms with Gasteiger partial charge in [-0.1, -0.05) is 0 Å². The van der Waals surface area contributed by atoms with E-state index in [1.807, 2.05) is 0 Å². The Morgan fingerprint density at radius 2 is 1.42 bits per heavy atom. The number of piperazine rings is 1. The van der Waals surface area contributed by atoms with Crippen molar-refractivity contribution in [2.24, 2.45) is 0 Å². The fourth-order valence-corrected chi connectivity index (χ4v) is 1.34. The van der Waals surface area contributed by atoms with Gasteiger partial charge in [0.05, 0.1) is 0 Å². The van der Waals surface area contributed by atoms with Crippen LogP contribution in [0.1, 0.15) is 20.8 Å². The van der Waals surface area contributed by atoms with Crippen molar-refractivity contribution in [1.82, 2.24) is 10.2 Å². The zero-order valence-corrected chi connectivity index (χ0v) is 9.73. The zero-order valence-electron chi connectivity index (χ0n) is 8.09. The summed E-state index contributed by atoms with van der Waals surface area (Å²) in [4.78, 5) is 2.52. The Kier molecular flexibility index (Phi) is 7.54. The van der Waals surface area contributed by atoms with Crippen LogP contribution >= 0.6 is 24.8 Å². The minimum absolute atomic E-state index is 0. The Bertz CT molecular complexity index is 106. The first kappa shape index (κ1) is 15.0. The molecule has 76 valence electrons. The molecule has 1 aliphatic heterocycles. The zero-order chi connectivity index (χ0) is 7.61. The predicted octanol–water partition coefficient (Wildman–Crippen LogP) is 1.53. The lowest BCUT2D eigenvalue weighted by Crippen LogP contribution is -2.51. The molecule has 0 amide bonds. The monoisotopic (exact) mass is 214 g/mol. The van der Waals surface area contributed by atoms with E-state index in [1.165, 1.54) is 13.1 Å². The van der Waals surface area contributed by atoms with Gasteiger partial charge in [0.2, 0.25) is 0 Å². The standard InChI is InChI=1S/C8H18N2.2ClH/c1-8(2,3)10-6-4-9-5-7-10;;/h9H,4-7H2,1-3H3;2*1H. The van der Waals surface area contributed by atoms with Gasteiger partial charge in [-0.25, -0.2) is 0 Å². The van der Waals surface area contributed by atoms with Crippen molar-refractivity contribution >= 4 is 24.8 Å². The van der Waals surface area contributed by atoms with Gasteiger partial charge in [-0.05, 0) is 20.8 Å². The van der Waals surface area contributed by atoms with Gasteiger partial charge in [0.15, 0.2) is 0 Å². The van der Waals surface area contributed by atoms with Crippen LogP contribution in [0.25, 0.3) is 0 Å². The molecule has 1 fully saturated rings. The molecule has 1 aliphatic rings. The lowest BCUT2D eigenvalue weighted by Gasteiger charge is -2.38. The molecule has 0 bridgehead atoms. The van der Waals surface area contributed by atoms with Crippen LogP contribution in [0.3, 0.4) is 0 Å². The molecule has 4 heteroatoms. The molecule has 1 rings (SSSR count). The van der Waals surface area contributed by atoms with Gasteiger partial charge in [-0.3, -0.25) is 4.90 Å². The van der Waals surface area contributed by atoms with Crippen molar-refractivity contribution < 1.29 is 0 Å². The van der Waals surface area contributed by atoms with Gasteiger partial charge in [-0.15, -0.1) is 24.8 Å². The van der Waals surface area contributed by atoms with Gasteiger partial charge < -0.3 is 5.32 Å². The van der Waals surface area contributed by atoms with Crippen LogP contribution in [0.2, 0.25) is 0 Å². The molecule has 0 aromatic carbocycles. The van der Waals surface area contributed by atoms with Gasteiger partial charge >= 0.3 is 0 Å². The third-order valence-corrected chi connectivity index (χ3v) is 2.07. The van der Waals surface area contributed by atoms with Gasteiger partial charge in [0.1, 0.15) is 0 Å². The number of halogens is 2. The Hall–Kier alpha value is 0.500. The number of rotatable bonds is 0. The largest absolute Gasteiger partial charge is 0.314 e. The molecule has 1 heterocycles. The Labute approximate surface area is 87.9 Å². The summed E-state index contributed by atoms with van der Waals surface area (Å²) in [6.07, 6.45) is 0. The molecule has 0 unspecified atom stereocenters. The van der Waals surface area contributed by atoms with Crippen molar-refractivity contribution in [2.45, 2.75) is 26.3 Å². The molecular weight excluding hydrogens is 195 g/mol. The highest BCUT2D eigenvalue weighted by Gasteiger charge is 2.21. The number of hydrogen-bond donors (Lipinski definition) is 1. The molecule has 2 nitrogen and oxygen atoms in total. The fourth-order valence-electron chi connectivity index (χ4n) is 1.34. The summed E-state index contributed by atoms with van der Waals surface area (Å²) < 4.78 is 0. The molecule has 0 aromatic heterocycles. The van der Waals surface area contributed by atoms with Crippen LogP contribution in [0, 0.1) is 0 Å². The Morgan fingerprint density at radius 1 is 1.00 bits per heavy atom. The molecule has 0 aliphatic carbocycles. The summed E-state index contributed by atoms with van der Waals surface area (Å²) in [5, 5.41) is 3.35. The van der Waals surface area contributed by atoms with Crippen molar-refractivity contribution in [3.63, 3.8) is 0 Å². The minimum atomic E-state index is 0. The van der Waals surface area contributed by atoms with Crippen molar-refractivity contribution in [3.05, 3.63) is 0 Å². The maximum Gasteiger partial charge on any atom is 0.0126 e. The maximum atomic E-state index is 3.35. The molecular formula is C8H20Cl2N2.